The smallest absolute Gasteiger partial charge is 0.311 e. The van der Waals surface area contributed by atoms with Crippen LogP contribution < -0.4 is 0 Å². The SMILES string of the molecule is C[C@@H](c1ccccc1)N1C[C@H](C(=O)OCc2nc3ccccc3s2)CC1=O. The molecule has 6 heteroatoms. The number of para-hydroxylation sites is 1. The van der Waals surface area contributed by atoms with Gasteiger partial charge in [0.05, 0.1) is 22.2 Å². The highest BCUT2D eigenvalue weighted by atomic mass is 32.1. The predicted octanol–water partition coefficient (Wildman–Crippen LogP) is 3.95. The highest BCUT2D eigenvalue weighted by Crippen LogP contribution is 2.29. The number of fused-ring (bicyclic) bond motifs is 1. The van der Waals surface area contributed by atoms with Gasteiger partial charge in [-0.1, -0.05) is 42.5 Å². The lowest BCUT2D eigenvalue weighted by Gasteiger charge is -2.25. The van der Waals surface area contributed by atoms with E-state index in [4.69, 9.17) is 4.74 Å². The van der Waals surface area contributed by atoms with E-state index in [9.17, 15) is 9.59 Å². The van der Waals surface area contributed by atoms with E-state index >= 15 is 0 Å². The van der Waals surface area contributed by atoms with Crippen molar-refractivity contribution in [3.8, 4) is 0 Å². The van der Waals surface area contributed by atoms with Gasteiger partial charge in [-0.05, 0) is 24.6 Å². The molecule has 27 heavy (non-hydrogen) atoms. The zero-order chi connectivity index (χ0) is 18.8. The minimum absolute atomic E-state index is 0.00621. The Kier molecular flexibility index (Phi) is 4.90. The quantitative estimate of drug-likeness (QED) is 0.629. The minimum atomic E-state index is -0.418. The maximum Gasteiger partial charge on any atom is 0.311 e. The second kappa shape index (κ2) is 7.48. The van der Waals surface area contributed by atoms with Gasteiger partial charge in [0.2, 0.25) is 5.91 Å². The fourth-order valence-corrected chi connectivity index (χ4v) is 4.29. The third kappa shape index (κ3) is 3.71. The molecular weight excluding hydrogens is 360 g/mol. The lowest BCUT2D eigenvalue weighted by Crippen LogP contribution is -2.29. The molecule has 1 aliphatic heterocycles. The van der Waals surface area contributed by atoms with Crippen LogP contribution in [0.2, 0.25) is 0 Å². The van der Waals surface area contributed by atoms with Crippen LogP contribution in [-0.2, 0) is 20.9 Å². The molecule has 1 aliphatic rings. The van der Waals surface area contributed by atoms with E-state index in [-0.39, 0.29) is 30.9 Å². The summed E-state index contributed by atoms with van der Waals surface area (Å²) in [6.45, 7) is 2.53. The van der Waals surface area contributed by atoms with Gasteiger partial charge in [0.1, 0.15) is 11.6 Å². The number of hydrogen-bond acceptors (Lipinski definition) is 5. The van der Waals surface area contributed by atoms with Crippen molar-refractivity contribution in [2.24, 2.45) is 5.92 Å². The van der Waals surface area contributed by atoms with E-state index in [0.717, 1.165) is 20.8 Å². The monoisotopic (exact) mass is 380 g/mol. The molecule has 0 bridgehead atoms. The number of esters is 1. The minimum Gasteiger partial charge on any atom is -0.458 e. The molecule has 1 saturated heterocycles. The third-order valence-corrected chi connectivity index (χ3v) is 5.93. The predicted molar refractivity (Wildman–Crippen MR) is 104 cm³/mol. The summed E-state index contributed by atoms with van der Waals surface area (Å²) < 4.78 is 6.53. The topological polar surface area (TPSA) is 59.5 Å². The van der Waals surface area contributed by atoms with E-state index in [1.54, 1.807) is 4.90 Å². The fraction of sp³-hybridized carbons (Fsp3) is 0.286. The molecule has 1 fully saturated rings. The number of rotatable bonds is 5. The maximum absolute atomic E-state index is 12.5. The Hall–Kier alpha value is -2.73. The summed E-state index contributed by atoms with van der Waals surface area (Å²) in [4.78, 5) is 31.1. The molecule has 0 saturated carbocycles. The number of amides is 1. The normalized spacial score (nSPS) is 18.0. The second-order valence-electron chi connectivity index (χ2n) is 6.72. The first-order chi connectivity index (χ1) is 13.1. The number of ether oxygens (including phenoxy) is 1. The van der Waals surface area contributed by atoms with Crippen molar-refractivity contribution in [3.63, 3.8) is 0 Å². The van der Waals surface area contributed by atoms with E-state index < -0.39 is 5.92 Å². The Balaban J connectivity index is 1.37. The van der Waals surface area contributed by atoms with Gasteiger partial charge in [-0.2, -0.15) is 0 Å². The van der Waals surface area contributed by atoms with Gasteiger partial charge in [-0.3, -0.25) is 9.59 Å². The Morgan fingerprint density at radius 1 is 1.22 bits per heavy atom. The second-order valence-corrected chi connectivity index (χ2v) is 7.83. The average molecular weight is 380 g/mol. The standard InChI is InChI=1S/C21H20N2O3S/c1-14(15-7-3-2-4-8-15)23-12-16(11-20(23)24)21(25)26-13-19-22-17-9-5-6-10-18(17)27-19/h2-10,14,16H,11-13H2,1H3/t14-,16+/m0/s1. The van der Waals surface area contributed by atoms with Crippen molar-refractivity contribution >= 4 is 33.4 Å². The molecule has 0 N–H and O–H groups in total. The summed E-state index contributed by atoms with van der Waals surface area (Å²) >= 11 is 1.52. The van der Waals surface area contributed by atoms with E-state index in [1.807, 2.05) is 61.5 Å². The van der Waals surface area contributed by atoms with Gasteiger partial charge in [0.25, 0.3) is 0 Å². The number of aromatic nitrogens is 1. The van der Waals surface area contributed by atoms with Crippen LogP contribution in [0.4, 0.5) is 0 Å². The van der Waals surface area contributed by atoms with Crippen LogP contribution in [-0.4, -0.2) is 28.3 Å². The van der Waals surface area contributed by atoms with Gasteiger partial charge in [0.15, 0.2) is 0 Å². The van der Waals surface area contributed by atoms with E-state index in [0.29, 0.717) is 6.54 Å². The largest absolute Gasteiger partial charge is 0.458 e. The molecule has 0 spiro atoms. The molecular formula is C21H20N2O3S. The van der Waals surface area contributed by atoms with Crippen molar-refractivity contribution < 1.29 is 14.3 Å². The van der Waals surface area contributed by atoms with Crippen molar-refractivity contribution in [1.82, 2.24) is 9.88 Å². The Morgan fingerprint density at radius 3 is 2.74 bits per heavy atom. The molecule has 2 atom stereocenters. The highest BCUT2D eigenvalue weighted by Gasteiger charge is 2.37. The number of hydrogen-bond donors (Lipinski definition) is 0. The first-order valence-corrected chi connectivity index (χ1v) is 9.79. The van der Waals surface area contributed by atoms with E-state index in [1.165, 1.54) is 11.3 Å². The zero-order valence-electron chi connectivity index (χ0n) is 15.0. The number of carbonyl (C=O) groups excluding carboxylic acids is 2. The molecule has 1 aromatic heterocycles. The van der Waals surface area contributed by atoms with Crippen LogP contribution in [0.5, 0.6) is 0 Å². The summed E-state index contributed by atoms with van der Waals surface area (Å²) in [6, 6.07) is 17.6. The number of likely N-dealkylation sites (tertiary alicyclic amines) is 1. The van der Waals surface area contributed by atoms with Crippen molar-refractivity contribution in [3.05, 3.63) is 65.2 Å². The van der Waals surface area contributed by atoms with Gasteiger partial charge in [-0.15, -0.1) is 11.3 Å². The summed E-state index contributed by atoms with van der Waals surface area (Å²) in [5.74, 6) is -0.753. The Bertz CT molecular complexity index is 937. The fourth-order valence-electron chi connectivity index (χ4n) is 3.41. The molecule has 3 aromatic rings. The first kappa shape index (κ1) is 17.7. The number of nitrogens with zero attached hydrogens (tertiary/aromatic N) is 2. The molecule has 2 aromatic carbocycles. The van der Waals surface area contributed by atoms with Crippen molar-refractivity contribution in [2.45, 2.75) is 26.0 Å². The van der Waals surface area contributed by atoms with Gasteiger partial charge >= 0.3 is 5.97 Å². The number of thiazole rings is 1. The molecule has 0 radical (unpaired) electrons. The molecule has 2 heterocycles. The summed E-state index contributed by atoms with van der Waals surface area (Å²) in [6.07, 6.45) is 0.204. The summed E-state index contributed by atoms with van der Waals surface area (Å²) in [5.41, 5.74) is 1.97. The van der Waals surface area contributed by atoms with Crippen LogP contribution in [0.1, 0.15) is 30.0 Å². The number of benzene rings is 2. The summed E-state index contributed by atoms with van der Waals surface area (Å²) in [7, 11) is 0. The van der Waals surface area contributed by atoms with Crippen molar-refractivity contribution in [1.29, 1.82) is 0 Å². The van der Waals surface area contributed by atoms with E-state index in [2.05, 4.69) is 4.98 Å². The molecule has 1 amide bonds. The first-order valence-electron chi connectivity index (χ1n) is 8.97. The summed E-state index contributed by atoms with van der Waals surface area (Å²) in [5, 5.41) is 0.767. The molecule has 138 valence electrons. The van der Waals surface area contributed by atoms with Crippen LogP contribution in [0.3, 0.4) is 0 Å². The third-order valence-electron chi connectivity index (χ3n) is 4.92. The lowest BCUT2D eigenvalue weighted by molar-refractivity contribution is -0.149. The zero-order valence-corrected chi connectivity index (χ0v) is 15.8. The lowest BCUT2D eigenvalue weighted by atomic mass is 10.1. The Labute approximate surface area is 161 Å². The highest BCUT2D eigenvalue weighted by molar-refractivity contribution is 7.18. The molecule has 0 unspecified atom stereocenters. The van der Waals surface area contributed by atoms with Crippen LogP contribution in [0.25, 0.3) is 10.2 Å². The van der Waals surface area contributed by atoms with Crippen molar-refractivity contribution in [2.75, 3.05) is 6.54 Å². The van der Waals surface area contributed by atoms with Gasteiger partial charge < -0.3 is 9.64 Å². The number of carbonyl (C=O) groups is 2. The molecule has 5 nitrogen and oxygen atoms in total. The van der Waals surface area contributed by atoms with Gasteiger partial charge in [-0.25, -0.2) is 4.98 Å². The van der Waals surface area contributed by atoms with Crippen LogP contribution in [0, 0.1) is 5.92 Å². The Morgan fingerprint density at radius 2 is 1.96 bits per heavy atom. The maximum atomic E-state index is 12.5. The molecule has 4 rings (SSSR count). The van der Waals surface area contributed by atoms with Crippen LogP contribution in [0.15, 0.2) is 54.6 Å². The van der Waals surface area contributed by atoms with Gasteiger partial charge in [0, 0.05) is 13.0 Å². The molecule has 0 aliphatic carbocycles. The average Bonchev–Trinajstić information content (AvgIpc) is 3.29. The van der Waals surface area contributed by atoms with Crippen LogP contribution >= 0.6 is 11.3 Å².